The number of hydrogen-bond acceptors (Lipinski definition) is 5. The first kappa shape index (κ1) is 14.3. The van der Waals surface area contributed by atoms with Crippen LogP contribution in [-0.4, -0.2) is 45.0 Å². The van der Waals surface area contributed by atoms with Crippen molar-refractivity contribution in [3.05, 3.63) is 23.4 Å². The summed E-state index contributed by atoms with van der Waals surface area (Å²) in [4.78, 5) is 6.61. The smallest absolute Gasteiger partial charge is 0.152 e. The SMILES string of the molecule is CNCc1cc(C)nc(N2CCCS(=O)(=O)CC2)c1. The number of hydrogen-bond donors (Lipinski definition) is 1. The van der Waals surface area contributed by atoms with Crippen LogP contribution in [0.4, 0.5) is 5.82 Å². The fourth-order valence-corrected chi connectivity index (χ4v) is 3.63. The lowest BCUT2D eigenvalue weighted by Gasteiger charge is -2.22. The Hall–Kier alpha value is -1.14. The Morgan fingerprint density at radius 1 is 1.32 bits per heavy atom. The molecule has 1 aromatic rings. The van der Waals surface area contributed by atoms with E-state index >= 15 is 0 Å². The predicted octanol–water partition coefficient (Wildman–Crippen LogP) is 0.734. The van der Waals surface area contributed by atoms with Gasteiger partial charge >= 0.3 is 0 Å². The standard InChI is InChI=1S/C13H21N3O2S/c1-11-8-12(10-14-2)9-13(15-11)16-4-3-6-19(17,18)7-5-16/h8-9,14H,3-7,10H2,1-2H3. The molecule has 0 saturated carbocycles. The maximum Gasteiger partial charge on any atom is 0.152 e. The molecule has 19 heavy (non-hydrogen) atoms. The van der Waals surface area contributed by atoms with Crippen molar-refractivity contribution in [3.8, 4) is 0 Å². The highest BCUT2D eigenvalue weighted by Gasteiger charge is 2.20. The molecule has 1 saturated heterocycles. The second-order valence-electron chi connectivity index (χ2n) is 5.00. The van der Waals surface area contributed by atoms with Gasteiger partial charge in [0.05, 0.1) is 11.5 Å². The molecule has 0 spiro atoms. The summed E-state index contributed by atoms with van der Waals surface area (Å²) in [5.41, 5.74) is 2.15. The van der Waals surface area contributed by atoms with Gasteiger partial charge in [-0.2, -0.15) is 0 Å². The van der Waals surface area contributed by atoms with Gasteiger partial charge in [0.15, 0.2) is 9.84 Å². The van der Waals surface area contributed by atoms with E-state index in [1.165, 1.54) is 5.56 Å². The van der Waals surface area contributed by atoms with E-state index in [2.05, 4.69) is 21.3 Å². The van der Waals surface area contributed by atoms with Crippen molar-refractivity contribution in [3.63, 3.8) is 0 Å². The molecule has 0 radical (unpaired) electrons. The van der Waals surface area contributed by atoms with E-state index in [1.807, 2.05) is 20.0 Å². The van der Waals surface area contributed by atoms with Crippen LogP contribution in [0.5, 0.6) is 0 Å². The van der Waals surface area contributed by atoms with Crippen molar-refractivity contribution in [2.45, 2.75) is 19.9 Å². The average molecular weight is 283 g/mol. The average Bonchev–Trinajstić information content (AvgIpc) is 2.50. The van der Waals surface area contributed by atoms with Crippen molar-refractivity contribution in [2.24, 2.45) is 0 Å². The van der Waals surface area contributed by atoms with Gasteiger partial charge in [0.25, 0.3) is 0 Å². The summed E-state index contributed by atoms with van der Waals surface area (Å²) in [5, 5.41) is 3.12. The molecule has 0 unspecified atom stereocenters. The predicted molar refractivity (Wildman–Crippen MR) is 77.2 cm³/mol. The molecule has 1 fully saturated rings. The summed E-state index contributed by atoms with van der Waals surface area (Å²) in [5.74, 6) is 1.41. The third kappa shape index (κ3) is 3.91. The Bertz CT molecular complexity index is 543. The van der Waals surface area contributed by atoms with Crippen molar-refractivity contribution >= 4 is 15.7 Å². The molecular weight excluding hydrogens is 262 g/mol. The first-order valence-electron chi connectivity index (χ1n) is 6.58. The second kappa shape index (κ2) is 5.88. The highest BCUT2D eigenvalue weighted by Crippen LogP contribution is 2.17. The first-order valence-corrected chi connectivity index (χ1v) is 8.40. The molecule has 0 aromatic carbocycles. The van der Waals surface area contributed by atoms with Crippen molar-refractivity contribution < 1.29 is 8.42 Å². The summed E-state index contributed by atoms with van der Waals surface area (Å²) < 4.78 is 23.3. The van der Waals surface area contributed by atoms with Crippen LogP contribution < -0.4 is 10.2 Å². The van der Waals surface area contributed by atoms with Gasteiger partial charge in [-0.15, -0.1) is 0 Å². The minimum absolute atomic E-state index is 0.226. The zero-order chi connectivity index (χ0) is 13.9. The summed E-state index contributed by atoms with van der Waals surface area (Å²) in [6, 6.07) is 4.09. The lowest BCUT2D eigenvalue weighted by atomic mass is 10.2. The summed E-state index contributed by atoms with van der Waals surface area (Å²) in [6.45, 7) is 4.06. The Labute approximate surface area is 114 Å². The van der Waals surface area contributed by atoms with E-state index in [0.717, 1.165) is 24.6 Å². The normalized spacial score (nSPS) is 19.2. The maximum atomic E-state index is 11.6. The van der Waals surface area contributed by atoms with Crippen molar-refractivity contribution in [1.82, 2.24) is 10.3 Å². The quantitative estimate of drug-likeness (QED) is 0.886. The molecule has 0 atom stereocenters. The lowest BCUT2D eigenvalue weighted by molar-refractivity contribution is 0.597. The number of sulfone groups is 1. The molecular formula is C13H21N3O2S. The van der Waals surface area contributed by atoms with Crippen molar-refractivity contribution in [1.29, 1.82) is 0 Å². The van der Waals surface area contributed by atoms with E-state index in [0.29, 0.717) is 18.7 Å². The van der Waals surface area contributed by atoms with Crippen LogP contribution in [-0.2, 0) is 16.4 Å². The Morgan fingerprint density at radius 3 is 2.84 bits per heavy atom. The molecule has 0 aliphatic carbocycles. The second-order valence-corrected chi connectivity index (χ2v) is 7.30. The molecule has 1 aliphatic rings. The fraction of sp³-hybridized carbons (Fsp3) is 0.615. The van der Waals surface area contributed by atoms with Gasteiger partial charge in [0.2, 0.25) is 0 Å². The number of anilines is 1. The number of aryl methyl sites for hydroxylation is 1. The Morgan fingerprint density at radius 2 is 2.11 bits per heavy atom. The molecule has 0 bridgehead atoms. The van der Waals surface area contributed by atoms with Gasteiger partial charge in [-0.3, -0.25) is 0 Å². The zero-order valence-corrected chi connectivity index (χ0v) is 12.3. The zero-order valence-electron chi connectivity index (χ0n) is 11.5. The first-order chi connectivity index (χ1) is 9.00. The summed E-state index contributed by atoms with van der Waals surface area (Å²) >= 11 is 0. The Balaban J connectivity index is 2.21. The highest BCUT2D eigenvalue weighted by molar-refractivity contribution is 7.91. The van der Waals surface area contributed by atoms with E-state index in [-0.39, 0.29) is 5.75 Å². The van der Waals surface area contributed by atoms with Gasteiger partial charge in [-0.25, -0.2) is 13.4 Å². The third-order valence-electron chi connectivity index (χ3n) is 3.26. The molecule has 0 amide bonds. The van der Waals surface area contributed by atoms with Crippen LogP contribution in [0.1, 0.15) is 17.7 Å². The van der Waals surface area contributed by atoms with Crippen LogP contribution in [0.3, 0.4) is 0 Å². The number of nitrogens with one attached hydrogen (secondary N) is 1. The summed E-state index contributed by atoms with van der Waals surface area (Å²) in [6.07, 6.45) is 0.680. The molecule has 1 N–H and O–H groups in total. The largest absolute Gasteiger partial charge is 0.356 e. The van der Waals surface area contributed by atoms with Crippen molar-refractivity contribution in [2.75, 3.05) is 36.5 Å². The molecule has 1 aliphatic heterocycles. The Kier molecular flexibility index (Phi) is 4.42. The van der Waals surface area contributed by atoms with Gasteiger partial charge in [0, 0.05) is 25.3 Å². The van der Waals surface area contributed by atoms with Gasteiger partial charge in [0.1, 0.15) is 5.82 Å². The topological polar surface area (TPSA) is 62.3 Å². The number of aromatic nitrogens is 1. The van der Waals surface area contributed by atoms with Crippen LogP contribution in [0, 0.1) is 6.92 Å². The van der Waals surface area contributed by atoms with Gasteiger partial charge in [-0.05, 0) is 38.1 Å². The van der Waals surface area contributed by atoms with E-state index in [1.54, 1.807) is 0 Å². The molecule has 6 heteroatoms. The number of pyridine rings is 1. The third-order valence-corrected chi connectivity index (χ3v) is 4.98. The molecule has 2 heterocycles. The molecule has 1 aromatic heterocycles. The van der Waals surface area contributed by atoms with E-state index in [9.17, 15) is 8.42 Å². The van der Waals surface area contributed by atoms with Crippen LogP contribution in [0.15, 0.2) is 12.1 Å². The molecule has 2 rings (SSSR count). The fourth-order valence-electron chi connectivity index (χ4n) is 2.36. The van der Waals surface area contributed by atoms with Crippen LogP contribution >= 0.6 is 0 Å². The minimum atomic E-state index is -2.87. The number of rotatable bonds is 3. The van der Waals surface area contributed by atoms with E-state index in [4.69, 9.17) is 0 Å². The van der Waals surface area contributed by atoms with Gasteiger partial charge in [-0.1, -0.05) is 0 Å². The summed E-state index contributed by atoms with van der Waals surface area (Å²) in [7, 11) is -0.962. The minimum Gasteiger partial charge on any atom is -0.356 e. The van der Waals surface area contributed by atoms with E-state index < -0.39 is 9.84 Å². The maximum absolute atomic E-state index is 11.6. The van der Waals surface area contributed by atoms with Crippen LogP contribution in [0.25, 0.3) is 0 Å². The number of nitrogens with zero attached hydrogens (tertiary/aromatic N) is 2. The van der Waals surface area contributed by atoms with Crippen LogP contribution in [0.2, 0.25) is 0 Å². The lowest BCUT2D eigenvalue weighted by Crippen LogP contribution is -2.28. The molecule has 5 nitrogen and oxygen atoms in total. The highest BCUT2D eigenvalue weighted by atomic mass is 32.2. The molecule has 106 valence electrons. The monoisotopic (exact) mass is 283 g/mol. The van der Waals surface area contributed by atoms with Gasteiger partial charge < -0.3 is 10.2 Å².